The van der Waals surface area contributed by atoms with Gasteiger partial charge < -0.3 is 4.90 Å². The van der Waals surface area contributed by atoms with Crippen LogP contribution in [0.25, 0.3) is 5.69 Å². The van der Waals surface area contributed by atoms with E-state index in [-0.39, 0.29) is 11.9 Å². The van der Waals surface area contributed by atoms with E-state index in [0.717, 1.165) is 24.2 Å². The van der Waals surface area contributed by atoms with Crippen molar-refractivity contribution >= 4 is 17.5 Å². The molecule has 0 atom stereocenters. The Labute approximate surface area is 150 Å². The van der Waals surface area contributed by atoms with E-state index in [2.05, 4.69) is 10.1 Å². The molecule has 0 saturated heterocycles. The molecule has 0 bridgehead atoms. The first-order valence-corrected chi connectivity index (χ1v) is 8.61. The van der Waals surface area contributed by atoms with Crippen LogP contribution in [0.1, 0.15) is 29.0 Å². The quantitative estimate of drug-likeness (QED) is 0.703. The van der Waals surface area contributed by atoms with E-state index >= 15 is 0 Å². The second-order valence-corrected chi connectivity index (χ2v) is 6.55. The van der Waals surface area contributed by atoms with Crippen molar-refractivity contribution in [3.05, 3.63) is 77.3 Å². The molecule has 25 heavy (non-hydrogen) atoms. The molecule has 0 N–H and O–H groups in total. The van der Waals surface area contributed by atoms with Gasteiger partial charge in [-0.3, -0.25) is 9.78 Å². The number of carbonyl (C=O) groups is 1. The molecule has 4 rings (SSSR count). The first-order chi connectivity index (χ1) is 12.2. The van der Waals surface area contributed by atoms with Gasteiger partial charge in [0.25, 0.3) is 5.91 Å². The summed E-state index contributed by atoms with van der Waals surface area (Å²) in [5, 5.41) is 5.08. The fourth-order valence-corrected chi connectivity index (χ4v) is 2.95. The average molecular weight is 353 g/mol. The van der Waals surface area contributed by atoms with Crippen LogP contribution in [0.5, 0.6) is 0 Å². The third-order valence-corrected chi connectivity index (χ3v) is 4.42. The molecule has 1 aliphatic rings. The van der Waals surface area contributed by atoms with Gasteiger partial charge >= 0.3 is 0 Å². The number of benzene rings is 1. The lowest BCUT2D eigenvalue weighted by atomic mass is 10.3. The monoisotopic (exact) mass is 352 g/mol. The lowest BCUT2D eigenvalue weighted by Crippen LogP contribution is -2.33. The number of hydrogen-bond acceptors (Lipinski definition) is 3. The topological polar surface area (TPSA) is 51.0 Å². The molecule has 1 saturated carbocycles. The summed E-state index contributed by atoms with van der Waals surface area (Å²) in [4.78, 5) is 19.1. The first kappa shape index (κ1) is 15.8. The van der Waals surface area contributed by atoms with Gasteiger partial charge in [0.15, 0.2) is 5.69 Å². The summed E-state index contributed by atoms with van der Waals surface area (Å²) >= 11 is 6.03. The lowest BCUT2D eigenvalue weighted by molar-refractivity contribution is 0.0721. The molecule has 0 unspecified atom stereocenters. The van der Waals surface area contributed by atoms with Crippen LogP contribution in [0.3, 0.4) is 0 Å². The van der Waals surface area contributed by atoms with Crippen LogP contribution in [-0.4, -0.2) is 31.6 Å². The van der Waals surface area contributed by atoms with E-state index in [9.17, 15) is 4.79 Å². The lowest BCUT2D eigenvalue weighted by Gasteiger charge is -2.21. The molecule has 2 aromatic heterocycles. The van der Waals surface area contributed by atoms with Gasteiger partial charge in [-0.05, 0) is 49.2 Å². The number of hydrogen-bond donors (Lipinski definition) is 0. The van der Waals surface area contributed by atoms with Gasteiger partial charge in [-0.25, -0.2) is 4.68 Å². The van der Waals surface area contributed by atoms with Crippen LogP contribution in [-0.2, 0) is 6.54 Å². The van der Waals surface area contributed by atoms with Gasteiger partial charge in [0, 0.05) is 23.5 Å². The second-order valence-electron chi connectivity index (χ2n) is 6.11. The molecule has 5 nitrogen and oxygen atoms in total. The Kier molecular flexibility index (Phi) is 4.24. The molecule has 0 radical (unpaired) electrons. The smallest absolute Gasteiger partial charge is 0.274 e. The fraction of sp³-hybridized carbons (Fsp3) is 0.211. The van der Waals surface area contributed by atoms with Crippen LogP contribution in [0.4, 0.5) is 0 Å². The number of pyridine rings is 1. The van der Waals surface area contributed by atoms with Gasteiger partial charge in [-0.2, -0.15) is 5.10 Å². The van der Waals surface area contributed by atoms with Crippen LogP contribution in [0, 0.1) is 0 Å². The minimum atomic E-state index is -0.0612. The van der Waals surface area contributed by atoms with Gasteiger partial charge in [0.2, 0.25) is 0 Å². The van der Waals surface area contributed by atoms with Crippen LogP contribution >= 0.6 is 11.6 Å². The zero-order valence-corrected chi connectivity index (χ0v) is 14.3. The van der Waals surface area contributed by atoms with Crippen molar-refractivity contribution in [3.8, 4) is 5.69 Å². The normalized spacial score (nSPS) is 13.6. The maximum atomic E-state index is 12.9. The summed E-state index contributed by atoms with van der Waals surface area (Å²) in [6, 6.07) is 15.2. The zero-order valence-electron chi connectivity index (χ0n) is 13.5. The van der Waals surface area contributed by atoms with E-state index in [1.807, 2.05) is 47.4 Å². The number of nitrogens with zero attached hydrogens (tertiary/aromatic N) is 4. The highest BCUT2D eigenvalue weighted by Gasteiger charge is 2.34. The van der Waals surface area contributed by atoms with Gasteiger partial charge in [-0.1, -0.05) is 23.7 Å². The molecule has 0 aliphatic heterocycles. The Morgan fingerprint density at radius 3 is 2.80 bits per heavy atom. The second kappa shape index (κ2) is 6.69. The number of halogens is 1. The summed E-state index contributed by atoms with van der Waals surface area (Å²) in [7, 11) is 0. The van der Waals surface area contributed by atoms with Crippen molar-refractivity contribution in [3.63, 3.8) is 0 Å². The number of carbonyl (C=O) groups excluding carboxylic acids is 1. The minimum Gasteiger partial charge on any atom is -0.328 e. The SMILES string of the molecule is O=C(c1ccn(-c2cccc(Cl)c2)n1)N(Cc1ccccn1)C1CC1. The molecule has 2 heterocycles. The Morgan fingerprint density at radius 1 is 1.20 bits per heavy atom. The summed E-state index contributed by atoms with van der Waals surface area (Å²) < 4.78 is 1.67. The fourth-order valence-electron chi connectivity index (χ4n) is 2.77. The molecule has 126 valence electrons. The van der Waals surface area contributed by atoms with Gasteiger partial charge in [0.05, 0.1) is 17.9 Å². The van der Waals surface area contributed by atoms with E-state index in [1.165, 1.54) is 0 Å². The van der Waals surface area contributed by atoms with Crippen LogP contribution in [0.2, 0.25) is 5.02 Å². The predicted octanol–water partition coefficient (Wildman–Crippen LogP) is 3.73. The number of rotatable bonds is 5. The average Bonchev–Trinajstić information content (AvgIpc) is 3.35. The van der Waals surface area contributed by atoms with E-state index in [1.54, 1.807) is 23.1 Å². The summed E-state index contributed by atoms with van der Waals surface area (Å²) in [5.41, 5.74) is 2.15. The van der Waals surface area contributed by atoms with E-state index < -0.39 is 0 Å². The highest BCUT2D eigenvalue weighted by atomic mass is 35.5. The highest BCUT2D eigenvalue weighted by Crippen LogP contribution is 2.29. The van der Waals surface area contributed by atoms with Crippen molar-refractivity contribution < 1.29 is 4.79 Å². The summed E-state index contributed by atoms with van der Waals surface area (Å²) in [6.45, 7) is 0.508. The summed E-state index contributed by atoms with van der Waals surface area (Å²) in [6.07, 6.45) is 5.60. The molecular weight excluding hydrogens is 336 g/mol. The first-order valence-electron chi connectivity index (χ1n) is 8.23. The molecule has 1 amide bonds. The Morgan fingerprint density at radius 2 is 2.08 bits per heavy atom. The van der Waals surface area contributed by atoms with Crippen molar-refractivity contribution in [2.75, 3.05) is 0 Å². The Bertz CT molecular complexity index is 889. The highest BCUT2D eigenvalue weighted by molar-refractivity contribution is 6.30. The predicted molar refractivity (Wildman–Crippen MR) is 95.7 cm³/mol. The van der Waals surface area contributed by atoms with Crippen LogP contribution < -0.4 is 0 Å². The van der Waals surface area contributed by atoms with Crippen molar-refractivity contribution in [1.82, 2.24) is 19.7 Å². The maximum Gasteiger partial charge on any atom is 0.274 e. The molecular formula is C19H17ClN4O. The molecule has 1 aliphatic carbocycles. The minimum absolute atomic E-state index is 0.0612. The maximum absolute atomic E-state index is 12.9. The molecule has 3 aromatic rings. The Hall–Kier alpha value is -2.66. The summed E-state index contributed by atoms with van der Waals surface area (Å²) in [5.74, 6) is -0.0612. The Balaban J connectivity index is 1.57. The third kappa shape index (κ3) is 3.56. The standard InChI is InChI=1S/C19H17ClN4O/c20-14-4-3-6-17(12-14)24-11-9-18(22-24)19(25)23(16-7-8-16)13-15-5-1-2-10-21-15/h1-6,9-12,16H,7-8,13H2. The largest absolute Gasteiger partial charge is 0.328 e. The van der Waals surface area contributed by atoms with E-state index in [4.69, 9.17) is 11.6 Å². The van der Waals surface area contributed by atoms with Gasteiger partial charge in [-0.15, -0.1) is 0 Å². The molecule has 0 spiro atoms. The van der Waals surface area contributed by atoms with Crippen molar-refractivity contribution in [1.29, 1.82) is 0 Å². The van der Waals surface area contributed by atoms with Crippen molar-refractivity contribution in [2.45, 2.75) is 25.4 Å². The van der Waals surface area contributed by atoms with Crippen LogP contribution in [0.15, 0.2) is 60.9 Å². The number of aromatic nitrogens is 3. The van der Waals surface area contributed by atoms with Gasteiger partial charge in [0.1, 0.15) is 0 Å². The zero-order chi connectivity index (χ0) is 17.2. The molecule has 1 fully saturated rings. The molecule has 6 heteroatoms. The molecule has 1 aromatic carbocycles. The number of amides is 1. The third-order valence-electron chi connectivity index (χ3n) is 4.19. The van der Waals surface area contributed by atoms with Crippen molar-refractivity contribution in [2.24, 2.45) is 0 Å². The van der Waals surface area contributed by atoms with E-state index in [0.29, 0.717) is 17.3 Å².